The lowest BCUT2D eigenvalue weighted by atomic mass is 10.1. The first kappa shape index (κ1) is 10.9. The molecule has 0 bridgehead atoms. The van der Waals surface area contributed by atoms with Crippen molar-refractivity contribution in [2.45, 2.75) is 26.8 Å². The van der Waals surface area contributed by atoms with Gasteiger partial charge in [-0.3, -0.25) is 0 Å². The maximum absolute atomic E-state index is 13.7. The summed E-state index contributed by atoms with van der Waals surface area (Å²) in [6, 6.07) is 11.0. The van der Waals surface area contributed by atoms with E-state index in [1.54, 1.807) is 6.07 Å². The van der Waals surface area contributed by atoms with E-state index in [-0.39, 0.29) is 5.82 Å². The Balaban J connectivity index is 2.52. The molecule has 0 spiro atoms. The van der Waals surface area contributed by atoms with Gasteiger partial charge in [0.05, 0.1) is 5.69 Å². The van der Waals surface area contributed by atoms with Gasteiger partial charge < -0.3 is 4.57 Å². The predicted octanol–water partition coefficient (Wildman–Crippen LogP) is 4.01. The van der Waals surface area contributed by atoms with E-state index in [0.717, 1.165) is 18.7 Å². The SMILES string of the molecule is CCCn1c(C)ccc1-c1ccccc1F. The topological polar surface area (TPSA) is 4.93 Å². The van der Waals surface area contributed by atoms with Gasteiger partial charge in [-0.25, -0.2) is 4.39 Å². The van der Waals surface area contributed by atoms with E-state index < -0.39 is 0 Å². The molecule has 0 aliphatic carbocycles. The van der Waals surface area contributed by atoms with Gasteiger partial charge in [-0.15, -0.1) is 0 Å². The summed E-state index contributed by atoms with van der Waals surface area (Å²) in [7, 11) is 0. The Hall–Kier alpha value is -1.57. The Kier molecular flexibility index (Phi) is 3.09. The van der Waals surface area contributed by atoms with E-state index in [1.165, 1.54) is 11.8 Å². The van der Waals surface area contributed by atoms with Crippen LogP contribution in [-0.2, 0) is 6.54 Å². The maximum atomic E-state index is 13.7. The van der Waals surface area contributed by atoms with Crippen LogP contribution in [0.25, 0.3) is 11.3 Å². The zero-order valence-corrected chi connectivity index (χ0v) is 9.70. The fraction of sp³-hybridized carbons (Fsp3) is 0.286. The van der Waals surface area contributed by atoms with Crippen LogP contribution in [0.1, 0.15) is 19.0 Å². The standard InChI is InChI=1S/C14H16FN/c1-3-10-16-11(2)8-9-14(16)12-6-4-5-7-13(12)15/h4-9H,3,10H2,1-2H3. The Morgan fingerprint density at radius 3 is 2.56 bits per heavy atom. The third-order valence-corrected chi connectivity index (χ3v) is 2.80. The molecule has 16 heavy (non-hydrogen) atoms. The third-order valence-electron chi connectivity index (χ3n) is 2.80. The van der Waals surface area contributed by atoms with Crippen LogP contribution in [-0.4, -0.2) is 4.57 Å². The molecule has 2 aromatic rings. The van der Waals surface area contributed by atoms with E-state index in [1.807, 2.05) is 24.3 Å². The molecule has 0 amide bonds. The maximum Gasteiger partial charge on any atom is 0.132 e. The Labute approximate surface area is 95.5 Å². The first-order chi connectivity index (χ1) is 7.74. The molecule has 1 heterocycles. The number of hydrogen-bond acceptors (Lipinski definition) is 0. The van der Waals surface area contributed by atoms with Crippen molar-refractivity contribution in [3.8, 4) is 11.3 Å². The van der Waals surface area contributed by atoms with E-state index in [0.29, 0.717) is 5.56 Å². The molecule has 0 atom stereocenters. The minimum atomic E-state index is -0.155. The fourth-order valence-corrected chi connectivity index (χ4v) is 1.99. The smallest absolute Gasteiger partial charge is 0.132 e. The summed E-state index contributed by atoms with van der Waals surface area (Å²) in [5.41, 5.74) is 2.83. The zero-order chi connectivity index (χ0) is 11.5. The number of rotatable bonds is 3. The van der Waals surface area contributed by atoms with Gasteiger partial charge in [0.15, 0.2) is 0 Å². The van der Waals surface area contributed by atoms with E-state index in [2.05, 4.69) is 18.4 Å². The van der Waals surface area contributed by atoms with Crippen molar-refractivity contribution in [3.63, 3.8) is 0 Å². The lowest BCUT2D eigenvalue weighted by molar-refractivity contribution is 0.623. The molecular weight excluding hydrogens is 201 g/mol. The number of aromatic nitrogens is 1. The van der Waals surface area contributed by atoms with Crippen molar-refractivity contribution in [2.75, 3.05) is 0 Å². The Bertz CT molecular complexity index is 485. The molecule has 84 valence electrons. The highest BCUT2D eigenvalue weighted by atomic mass is 19.1. The molecule has 1 nitrogen and oxygen atoms in total. The second kappa shape index (κ2) is 4.52. The largest absolute Gasteiger partial charge is 0.345 e. The van der Waals surface area contributed by atoms with Crippen LogP contribution in [0.5, 0.6) is 0 Å². The second-order valence-electron chi connectivity index (χ2n) is 3.99. The van der Waals surface area contributed by atoms with Crippen LogP contribution >= 0.6 is 0 Å². The van der Waals surface area contributed by atoms with Crippen LogP contribution < -0.4 is 0 Å². The van der Waals surface area contributed by atoms with Gasteiger partial charge >= 0.3 is 0 Å². The average molecular weight is 217 g/mol. The first-order valence-corrected chi connectivity index (χ1v) is 5.65. The van der Waals surface area contributed by atoms with E-state index in [9.17, 15) is 4.39 Å². The van der Waals surface area contributed by atoms with Gasteiger partial charge in [0, 0.05) is 17.8 Å². The fourth-order valence-electron chi connectivity index (χ4n) is 1.99. The van der Waals surface area contributed by atoms with Gasteiger partial charge in [0.25, 0.3) is 0 Å². The highest BCUT2D eigenvalue weighted by Crippen LogP contribution is 2.25. The molecule has 1 aromatic heterocycles. The molecule has 1 aromatic carbocycles. The lowest BCUT2D eigenvalue weighted by Crippen LogP contribution is -2.01. The van der Waals surface area contributed by atoms with Gasteiger partial charge in [-0.05, 0) is 37.6 Å². The number of nitrogens with zero attached hydrogens (tertiary/aromatic N) is 1. The van der Waals surface area contributed by atoms with Crippen molar-refractivity contribution in [1.82, 2.24) is 4.57 Å². The molecule has 2 rings (SSSR count). The van der Waals surface area contributed by atoms with Crippen LogP contribution in [0.3, 0.4) is 0 Å². The van der Waals surface area contributed by atoms with Crippen LogP contribution in [0, 0.1) is 12.7 Å². The quantitative estimate of drug-likeness (QED) is 0.732. The summed E-state index contributed by atoms with van der Waals surface area (Å²) in [4.78, 5) is 0. The molecule has 0 unspecified atom stereocenters. The second-order valence-corrected chi connectivity index (χ2v) is 3.99. The van der Waals surface area contributed by atoms with Crippen molar-refractivity contribution >= 4 is 0 Å². The molecule has 0 radical (unpaired) electrons. The zero-order valence-electron chi connectivity index (χ0n) is 9.70. The molecular formula is C14H16FN. The third kappa shape index (κ3) is 1.87. The Morgan fingerprint density at radius 2 is 1.88 bits per heavy atom. The summed E-state index contributed by atoms with van der Waals surface area (Å²) in [5, 5.41) is 0. The molecule has 0 saturated heterocycles. The van der Waals surface area contributed by atoms with Crippen molar-refractivity contribution in [2.24, 2.45) is 0 Å². The predicted molar refractivity (Wildman–Crippen MR) is 64.9 cm³/mol. The monoisotopic (exact) mass is 217 g/mol. The van der Waals surface area contributed by atoms with Crippen molar-refractivity contribution in [1.29, 1.82) is 0 Å². The molecule has 0 aliphatic rings. The summed E-state index contributed by atoms with van der Waals surface area (Å²) in [6.07, 6.45) is 1.05. The van der Waals surface area contributed by atoms with E-state index in [4.69, 9.17) is 0 Å². The number of hydrogen-bond donors (Lipinski definition) is 0. The molecule has 0 aliphatic heterocycles. The highest BCUT2D eigenvalue weighted by molar-refractivity contribution is 5.61. The first-order valence-electron chi connectivity index (χ1n) is 5.65. The minimum absolute atomic E-state index is 0.155. The number of benzene rings is 1. The van der Waals surface area contributed by atoms with Gasteiger partial charge in [-0.1, -0.05) is 19.1 Å². The molecule has 0 saturated carbocycles. The van der Waals surface area contributed by atoms with Gasteiger partial charge in [0.1, 0.15) is 5.82 Å². The Morgan fingerprint density at radius 1 is 1.12 bits per heavy atom. The van der Waals surface area contributed by atoms with E-state index >= 15 is 0 Å². The summed E-state index contributed by atoms with van der Waals surface area (Å²) < 4.78 is 15.9. The molecule has 0 N–H and O–H groups in total. The van der Waals surface area contributed by atoms with Crippen molar-refractivity contribution in [3.05, 3.63) is 47.9 Å². The number of aryl methyl sites for hydroxylation is 1. The molecule has 2 heteroatoms. The van der Waals surface area contributed by atoms with Crippen molar-refractivity contribution < 1.29 is 4.39 Å². The number of halogens is 1. The van der Waals surface area contributed by atoms with Crippen LogP contribution in [0.15, 0.2) is 36.4 Å². The van der Waals surface area contributed by atoms with Gasteiger partial charge in [0.2, 0.25) is 0 Å². The lowest BCUT2D eigenvalue weighted by Gasteiger charge is -2.11. The van der Waals surface area contributed by atoms with Crippen LogP contribution in [0.4, 0.5) is 4.39 Å². The minimum Gasteiger partial charge on any atom is -0.345 e. The summed E-state index contributed by atoms with van der Waals surface area (Å²) in [5.74, 6) is -0.155. The summed E-state index contributed by atoms with van der Waals surface area (Å²) >= 11 is 0. The summed E-state index contributed by atoms with van der Waals surface area (Å²) in [6.45, 7) is 5.12. The highest BCUT2D eigenvalue weighted by Gasteiger charge is 2.10. The average Bonchev–Trinajstić information content (AvgIpc) is 2.62. The van der Waals surface area contributed by atoms with Gasteiger partial charge in [-0.2, -0.15) is 0 Å². The van der Waals surface area contributed by atoms with Crippen LogP contribution in [0.2, 0.25) is 0 Å². The molecule has 0 fully saturated rings. The normalized spacial score (nSPS) is 10.7.